The smallest absolute Gasteiger partial charge is 0.326 e. The molecular formula is C18H16BrClN2O4. The van der Waals surface area contributed by atoms with Crippen LogP contribution >= 0.6 is 27.5 Å². The number of halogens is 2. The minimum absolute atomic E-state index is 0.0631. The summed E-state index contributed by atoms with van der Waals surface area (Å²) < 4.78 is 0.704. The minimum Gasteiger partial charge on any atom is -0.480 e. The van der Waals surface area contributed by atoms with Crippen molar-refractivity contribution >= 4 is 51.0 Å². The number of carbonyl (C=O) groups is 3. The normalized spacial score (nSPS) is 11.5. The van der Waals surface area contributed by atoms with Crippen molar-refractivity contribution in [2.24, 2.45) is 0 Å². The van der Waals surface area contributed by atoms with Crippen molar-refractivity contribution in [3.63, 3.8) is 0 Å². The van der Waals surface area contributed by atoms with Gasteiger partial charge in [-0.25, -0.2) is 4.79 Å². The molecule has 0 saturated carbocycles. The fraction of sp³-hybridized carbons (Fsp3) is 0.167. The van der Waals surface area contributed by atoms with Crippen LogP contribution in [0.5, 0.6) is 0 Å². The summed E-state index contributed by atoms with van der Waals surface area (Å²) in [6, 6.07) is 10.2. The van der Waals surface area contributed by atoms with Gasteiger partial charge in [0.25, 0.3) is 5.91 Å². The molecule has 0 aliphatic carbocycles. The zero-order valence-corrected chi connectivity index (χ0v) is 16.1. The maximum absolute atomic E-state index is 12.4. The van der Waals surface area contributed by atoms with Crippen molar-refractivity contribution < 1.29 is 19.5 Å². The molecule has 2 amide bonds. The van der Waals surface area contributed by atoms with Crippen LogP contribution in [-0.2, 0) is 16.0 Å². The molecule has 1 atom stereocenters. The number of hydrogen-bond donors (Lipinski definition) is 3. The van der Waals surface area contributed by atoms with Gasteiger partial charge in [0.1, 0.15) is 6.04 Å². The molecule has 8 heteroatoms. The Balaban J connectivity index is 2.17. The molecule has 0 aliphatic rings. The van der Waals surface area contributed by atoms with Crippen LogP contribution in [0, 0.1) is 0 Å². The van der Waals surface area contributed by atoms with Gasteiger partial charge >= 0.3 is 5.97 Å². The van der Waals surface area contributed by atoms with Gasteiger partial charge in [0.2, 0.25) is 5.91 Å². The first-order valence-electron chi connectivity index (χ1n) is 7.61. The number of anilines is 1. The number of nitrogens with one attached hydrogen (secondary N) is 2. The second-order valence-corrected chi connectivity index (χ2v) is 6.86. The van der Waals surface area contributed by atoms with Crippen LogP contribution in [-0.4, -0.2) is 28.9 Å². The zero-order chi connectivity index (χ0) is 19.3. The Morgan fingerprint density at radius 2 is 1.92 bits per heavy atom. The molecule has 2 rings (SSSR count). The van der Waals surface area contributed by atoms with Crippen molar-refractivity contribution in [3.05, 3.63) is 63.1 Å². The van der Waals surface area contributed by atoms with Crippen molar-refractivity contribution in [1.29, 1.82) is 0 Å². The molecule has 0 fully saturated rings. The van der Waals surface area contributed by atoms with Gasteiger partial charge in [-0.2, -0.15) is 0 Å². The molecule has 136 valence electrons. The maximum Gasteiger partial charge on any atom is 0.326 e. The molecule has 0 bridgehead atoms. The van der Waals surface area contributed by atoms with Crippen LogP contribution in [0.1, 0.15) is 22.8 Å². The van der Waals surface area contributed by atoms with Crippen molar-refractivity contribution in [2.45, 2.75) is 19.4 Å². The molecule has 0 saturated heterocycles. The fourth-order valence-electron chi connectivity index (χ4n) is 2.30. The molecule has 0 radical (unpaired) electrons. The second kappa shape index (κ2) is 8.82. The molecular weight excluding hydrogens is 424 g/mol. The fourth-order valence-corrected chi connectivity index (χ4v) is 2.91. The highest BCUT2D eigenvalue weighted by atomic mass is 79.9. The lowest BCUT2D eigenvalue weighted by Crippen LogP contribution is -2.42. The summed E-state index contributed by atoms with van der Waals surface area (Å²) in [7, 11) is 0. The van der Waals surface area contributed by atoms with Crippen LogP contribution in [0.15, 0.2) is 46.9 Å². The number of rotatable bonds is 6. The molecule has 6 nitrogen and oxygen atoms in total. The lowest BCUT2D eigenvalue weighted by molar-refractivity contribution is -0.139. The quantitative estimate of drug-likeness (QED) is 0.642. The molecule has 0 aromatic heterocycles. The molecule has 0 aliphatic heterocycles. The second-order valence-electron chi connectivity index (χ2n) is 5.57. The third kappa shape index (κ3) is 5.57. The number of carbonyl (C=O) groups excluding carboxylic acids is 2. The lowest BCUT2D eigenvalue weighted by atomic mass is 10.1. The lowest BCUT2D eigenvalue weighted by Gasteiger charge is -2.16. The number of benzene rings is 2. The molecule has 0 unspecified atom stereocenters. The highest BCUT2D eigenvalue weighted by Crippen LogP contribution is 2.22. The molecule has 26 heavy (non-hydrogen) atoms. The van der Waals surface area contributed by atoms with Crippen LogP contribution in [0.3, 0.4) is 0 Å². The van der Waals surface area contributed by atoms with Gasteiger partial charge in [-0.3, -0.25) is 9.59 Å². The van der Waals surface area contributed by atoms with Gasteiger partial charge in [-0.1, -0.05) is 33.6 Å². The Kier molecular flexibility index (Phi) is 6.76. The Bertz CT molecular complexity index is 857. The summed E-state index contributed by atoms with van der Waals surface area (Å²) in [5, 5.41) is 15.0. The summed E-state index contributed by atoms with van der Waals surface area (Å²) in [4.78, 5) is 35.1. The summed E-state index contributed by atoms with van der Waals surface area (Å²) in [5.74, 6) is -1.98. The maximum atomic E-state index is 12.4. The van der Waals surface area contributed by atoms with Gasteiger partial charge in [0.05, 0.1) is 0 Å². The largest absolute Gasteiger partial charge is 0.480 e. The molecule has 2 aromatic carbocycles. The van der Waals surface area contributed by atoms with Gasteiger partial charge in [0, 0.05) is 34.1 Å². The van der Waals surface area contributed by atoms with E-state index in [9.17, 15) is 19.5 Å². The van der Waals surface area contributed by atoms with Gasteiger partial charge in [-0.05, 0) is 42.0 Å². The van der Waals surface area contributed by atoms with Crippen molar-refractivity contribution in [2.75, 3.05) is 5.32 Å². The first-order chi connectivity index (χ1) is 12.3. The summed E-state index contributed by atoms with van der Waals surface area (Å²) in [5.41, 5.74) is 1.36. The minimum atomic E-state index is -1.16. The van der Waals surface area contributed by atoms with E-state index in [1.165, 1.54) is 19.1 Å². The monoisotopic (exact) mass is 438 g/mol. The van der Waals surface area contributed by atoms with E-state index in [2.05, 4.69) is 26.6 Å². The van der Waals surface area contributed by atoms with Crippen LogP contribution in [0.4, 0.5) is 5.69 Å². The number of carboxylic acids is 1. The standard InChI is InChI=1S/C18H16BrClN2O4/c1-10(23)21-14-4-2-3-11(8-14)17(24)22-16(18(25)26)9-12-7-13(20)5-6-15(12)19/h2-8,16H,9H2,1H3,(H,21,23)(H,22,24)(H,25,26)/t16-/m0/s1. The molecule has 3 N–H and O–H groups in total. The highest BCUT2D eigenvalue weighted by Gasteiger charge is 2.22. The molecule has 0 heterocycles. The van der Waals surface area contributed by atoms with E-state index in [0.717, 1.165) is 0 Å². The van der Waals surface area contributed by atoms with E-state index in [1.54, 1.807) is 30.3 Å². The number of carboxylic acid groups (broad SMARTS) is 1. The summed E-state index contributed by atoms with van der Waals surface area (Å²) in [6.45, 7) is 1.36. The topological polar surface area (TPSA) is 95.5 Å². The van der Waals surface area contributed by atoms with E-state index in [-0.39, 0.29) is 17.9 Å². The number of hydrogen-bond acceptors (Lipinski definition) is 3. The summed E-state index contributed by atoms with van der Waals surface area (Å²) in [6.07, 6.45) is 0.0631. The van der Waals surface area contributed by atoms with Crippen molar-refractivity contribution in [1.82, 2.24) is 5.32 Å². The Morgan fingerprint density at radius 1 is 1.19 bits per heavy atom. The van der Waals surface area contributed by atoms with E-state index < -0.39 is 17.9 Å². The van der Waals surface area contributed by atoms with Crippen molar-refractivity contribution in [3.8, 4) is 0 Å². The summed E-state index contributed by atoms with van der Waals surface area (Å²) >= 11 is 9.30. The van der Waals surface area contributed by atoms with Gasteiger partial charge in [0.15, 0.2) is 0 Å². The average Bonchev–Trinajstić information content (AvgIpc) is 2.56. The third-order valence-corrected chi connectivity index (χ3v) is 4.49. The number of amides is 2. The Labute approximate surface area is 163 Å². The van der Waals surface area contributed by atoms with E-state index in [4.69, 9.17) is 11.6 Å². The van der Waals surface area contributed by atoms with Crippen LogP contribution in [0.25, 0.3) is 0 Å². The predicted octanol–water partition coefficient (Wildman–Crippen LogP) is 3.49. The Morgan fingerprint density at radius 3 is 2.58 bits per heavy atom. The first-order valence-corrected chi connectivity index (χ1v) is 8.78. The third-order valence-electron chi connectivity index (χ3n) is 3.48. The van der Waals surface area contributed by atoms with E-state index >= 15 is 0 Å². The van der Waals surface area contributed by atoms with Gasteiger partial charge < -0.3 is 15.7 Å². The Hall–Kier alpha value is -2.38. The zero-order valence-electron chi connectivity index (χ0n) is 13.8. The first kappa shape index (κ1) is 19.9. The average molecular weight is 440 g/mol. The molecule has 0 spiro atoms. The SMILES string of the molecule is CC(=O)Nc1cccc(C(=O)N[C@@H](Cc2cc(Cl)ccc2Br)C(=O)O)c1. The predicted molar refractivity (Wildman–Crippen MR) is 102 cm³/mol. The van der Waals surface area contributed by atoms with E-state index in [1.807, 2.05) is 0 Å². The molecule has 2 aromatic rings. The van der Waals surface area contributed by atoms with Crippen LogP contribution < -0.4 is 10.6 Å². The number of aliphatic carboxylic acids is 1. The van der Waals surface area contributed by atoms with E-state index in [0.29, 0.717) is 20.7 Å². The van der Waals surface area contributed by atoms with Crippen LogP contribution in [0.2, 0.25) is 5.02 Å². The highest BCUT2D eigenvalue weighted by molar-refractivity contribution is 9.10. The van der Waals surface area contributed by atoms with Gasteiger partial charge in [-0.15, -0.1) is 0 Å².